The molecule has 25 heavy (non-hydrogen) atoms. The lowest BCUT2D eigenvalue weighted by Gasteiger charge is -2.42. The van der Waals surface area contributed by atoms with Crippen LogP contribution in [0.25, 0.3) is 0 Å². The van der Waals surface area contributed by atoms with Crippen LogP contribution in [-0.4, -0.2) is 17.3 Å². The Morgan fingerprint density at radius 1 is 1.00 bits per heavy atom. The molecule has 2 heterocycles. The molecule has 0 unspecified atom stereocenters. The minimum absolute atomic E-state index is 0.0257. The van der Waals surface area contributed by atoms with Gasteiger partial charge in [0, 0.05) is 16.7 Å². The number of nitrogens with zero attached hydrogens (tertiary/aromatic N) is 1. The molecule has 0 bridgehead atoms. The quantitative estimate of drug-likeness (QED) is 0.813. The summed E-state index contributed by atoms with van der Waals surface area (Å²) in [5.74, 6) is 2.00. The Bertz CT molecular complexity index is 793. The number of benzene rings is 2. The topological polar surface area (TPSA) is 24.4 Å². The Balaban J connectivity index is 1.70. The van der Waals surface area contributed by atoms with E-state index in [4.69, 9.17) is 0 Å². The molecular weight excluding hydrogens is 338 g/mol. The van der Waals surface area contributed by atoms with Crippen LogP contribution in [0.1, 0.15) is 24.0 Å². The second-order valence-electron chi connectivity index (χ2n) is 6.72. The van der Waals surface area contributed by atoms with Crippen molar-refractivity contribution in [2.45, 2.75) is 25.8 Å². The van der Waals surface area contributed by atoms with E-state index in [1.165, 1.54) is 23.8 Å². The molecule has 0 saturated carbocycles. The van der Waals surface area contributed by atoms with Gasteiger partial charge in [-0.2, -0.15) is 11.8 Å². The molecule has 2 aliphatic rings. The molecule has 1 N–H and O–H groups in total. The summed E-state index contributed by atoms with van der Waals surface area (Å²) in [6.45, 7) is 0.0257. The lowest BCUT2D eigenvalue weighted by Crippen LogP contribution is -2.44. The van der Waals surface area contributed by atoms with Crippen molar-refractivity contribution in [2.75, 3.05) is 16.8 Å². The van der Waals surface area contributed by atoms with Gasteiger partial charge in [-0.25, -0.2) is 8.78 Å². The van der Waals surface area contributed by atoms with E-state index >= 15 is 0 Å². The lowest BCUT2D eigenvalue weighted by atomic mass is 9.73. The van der Waals surface area contributed by atoms with Crippen LogP contribution in [0.2, 0.25) is 0 Å². The first-order chi connectivity index (χ1) is 12.2. The van der Waals surface area contributed by atoms with Crippen LogP contribution in [0.15, 0.2) is 47.5 Å². The fourth-order valence-corrected chi connectivity index (χ4v) is 5.00. The third-order valence-electron chi connectivity index (χ3n) is 5.21. The maximum atomic E-state index is 13.9. The number of rotatable bonds is 2. The van der Waals surface area contributed by atoms with Crippen LogP contribution in [0.5, 0.6) is 0 Å². The van der Waals surface area contributed by atoms with Crippen LogP contribution < -0.4 is 5.32 Å². The van der Waals surface area contributed by atoms with E-state index in [2.05, 4.69) is 22.4 Å². The van der Waals surface area contributed by atoms with Crippen LogP contribution in [0.4, 0.5) is 14.5 Å². The third kappa shape index (κ3) is 3.17. The predicted molar refractivity (Wildman–Crippen MR) is 100 cm³/mol. The molecule has 0 atom stereocenters. The standard InChI is InChI=1S/C20H20F2N2S/c21-16-5-3-6-17(22)15(16)13-23-19-20(8-10-25-11-9-20)12-14-4-1-2-7-18(14)24-19/h1-7H,8-13H2,(H,23,24). The molecule has 2 nitrogen and oxygen atoms in total. The summed E-state index contributed by atoms with van der Waals surface area (Å²) in [6.07, 6.45) is 3.02. The smallest absolute Gasteiger partial charge is 0.131 e. The number of hydrogen-bond acceptors (Lipinski definition) is 2. The number of anilines is 1. The van der Waals surface area contributed by atoms with Crippen molar-refractivity contribution < 1.29 is 8.78 Å². The molecule has 1 saturated heterocycles. The van der Waals surface area contributed by atoms with Crippen molar-refractivity contribution in [2.24, 2.45) is 10.4 Å². The van der Waals surface area contributed by atoms with Crippen molar-refractivity contribution in [1.82, 2.24) is 0 Å². The van der Waals surface area contributed by atoms with E-state index in [0.717, 1.165) is 42.3 Å². The molecule has 0 amide bonds. The van der Waals surface area contributed by atoms with E-state index in [0.29, 0.717) is 0 Å². The average molecular weight is 358 g/mol. The summed E-state index contributed by atoms with van der Waals surface area (Å²) >= 11 is 1.96. The van der Waals surface area contributed by atoms with Gasteiger partial charge >= 0.3 is 0 Å². The Kier molecular flexibility index (Phi) is 4.50. The van der Waals surface area contributed by atoms with Gasteiger partial charge in [0.15, 0.2) is 0 Å². The van der Waals surface area contributed by atoms with Gasteiger partial charge in [-0.3, -0.25) is 4.99 Å². The largest absolute Gasteiger partial charge is 0.343 e. The first-order valence-corrected chi connectivity index (χ1v) is 9.74. The number of fused-ring (bicyclic) bond motifs is 1. The van der Waals surface area contributed by atoms with Gasteiger partial charge in [-0.15, -0.1) is 0 Å². The van der Waals surface area contributed by atoms with Crippen LogP contribution >= 0.6 is 11.8 Å². The summed E-state index contributed by atoms with van der Waals surface area (Å²) in [7, 11) is 0. The van der Waals surface area contributed by atoms with E-state index in [1.807, 2.05) is 23.9 Å². The van der Waals surface area contributed by atoms with Gasteiger partial charge < -0.3 is 5.32 Å². The summed E-state index contributed by atoms with van der Waals surface area (Å²) in [5.41, 5.74) is 2.35. The zero-order valence-electron chi connectivity index (χ0n) is 13.9. The van der Waals surface area contributed by atoms with Crippen LogP contribution in [0, 0.1) is 17.0 Å². The Labute approximate surface area is 150 Å². The second-order valence-corrected chi connectivity index (χ2v) is 7.94. The summed E-state index contributed by atoms with van der Waals surface area (Å²) in [5, 5.41) is 3.46. The molecule has 0 radical (unpaired) electrons. The van der Waals surface area contributed by atoms with Gasteiger partial charge in [0.05, 0.1) is 6.54 Å². The number of nitrogens with one attached hydrogen (secondary N) is 1. The summed E-state index contributed by atoms with van der Waals surface area (Å²) in [6, 6.07) is 12.2. The number of halogens is 2. The zero-order chi connectivity index (χ0) is 17.3. The second kappa shape index (κ2) is 6.79. The molecule has 1 spiro atoms. The Morgan fingerprint density at radius 3 is 2.48 bits per heavy atom. The highest BCUT2D eigenvalue weighted by atomic mass is 32.2. The monoisotopic (exact) mass is 358 g/mol. The van der Waals surface area contributed by atoms with E-state index in [-0.39, 0.29) is 17.5 Å². The predicted octanol–water partition coefficient (Wildman–Crippen LogP) is 5.04. The Hall–Kier alpha value is -1.88. The van der Waals surface area contributed by atoms with E-state index in [1.54, 1.807) is 0 Å². The van der Waals surface area contributed by atoms with Gasteiger partial charge in [0.2, 0.25) is 0 Å². The van der Waals surface area contributed by atoms with Gasteiger partial charge in [0.25, 0.3) is 0 Å². The molecule has 5 heteroatoms. The molecule has 1 fully saturated rings. The summed E-state index contributed by atoms with van der Waals surface area (Å²) < 4.78 is 27.9. The maximum Gasteiger partial charge on any atom is 0.131 e. The van der Waals surface area contributed by atoms with Gasteiger partial charge in [0.1, 0.15) is 17.5 Å². The van der Waals surface area contributed by atoms with Gasteiger partial charge in [-0.05, 0) is 54.5 Å². The van der Waals surface area contributed by atoms with Crippen molar-refractivity contribution in [3.05, 3.63) is 65.2 Å². The number of amidine groups is 1. The lowest BCUT2D eigenvalue weighted by molar-refractivity contribution is 0.377. The minimum atomic E-state index is -0.534. The fourth-order valence-electron chi connectivity index (χ4n) is 3.73. The van der Waals surface area contributed by atoms with E-state index < -0.39 is 11.6 Å². The highest BCUT2D eigenvalue weighted by Gasteiger charge is 2.41. The van der Waals surface area contributed by atoms with Crippen molar-refractivity contribution in [3.63, 3.8) is 0 Å². The van der Waals surface area contributed by atoms with E-state index in [9.17, 15) is 8.78 Å². The number of aliphatic imine (C=N–C) groups is 1. The highest BCUT2D eigenvalue weighted by Crippen LogP contribution is 2.44. The molecule has 2 aromatic carbocycles. The van der Waals surface area contributed by atoms with Crippen molar-refractivity contribution in [3.8, 4) is 0 Å². The Morgan fingerprint density at radius 2 is 1.72 bits per heavy atom. The number of thioether (sulfide) groups is 1. The average Bonchev–Trinajstić information content (AvgIpc) is 2.62. The number of para-hydroxylation sites is 1. The van der Waals surface area contributed by atoms with Crippen LogP contribution in [0.3, 0.4) is 0 Å². The molecule has 130 valence electrons. The van der Waals surface area contributed by atoms with Crippen LogP contribution in [-0.2, 0) is 13.0 Å². The first-order valence-electron chi connectivity index (χ1n) is 8.58. The molecule has 0 aliphatic carbocycles. The maximum absolute atomic E-state index is 13.9. The SMILES string of the molecule is Fc1cccc(F)c1CN=C1Nc2ccccc2CC12CCSCC2. The molecule has 2 aliphatic heterocycles. The molecule has 0 aromatic heterocycles. The van der Waals surface area contributed by atoms with Gasteiger partial charge in [-0.1, -0.05) is 24.3 Å². The summed E-state index contributed by atoms with van der Waals surface area (Å²) in [4.78, 5) is 4.67. The zero-order valence-corrected chi connectivity index (χ0v) is 14.7. The molecule has 4 rings (SSSR count). The normalized spacial score (nSPS) is 20.3. The van der Waals surface area contributed by atoms with Crippen molar-refractivity contribution >= 4 is 23.3 Å². The molecule has 2 aromatic rings. The number of hydrogen-bond donors (Lipinski definition) is 1. The fraction of sp³-hybridized carbons (Fsp3) is 0.350. The highest BCUT2D eigenvalue weighted by molar-refractivity contribution is 7.99. The third-order valence-corrected chi connectivity index (χ3v) is 6.19. The first kappa shape index (κ1) is 16.6. The minimum Gasteiger partial charge on any atom is -0.343 e. The molecular formula is C20H20F2N2S. The van der Waals surface area contributed by atoms with Crippen molar-refractivity contribution in [1.29, 1.82) is 0 Å².